The fraction of sp³-hybridized carbons (Fsp3) is 0.197. The molecule has 84 heavy (non-hydrogen) atoms. The summed E-state index contributed by atoms with van der Waals surface area (Å²) < 4.78 is 28.4. The molecular formula is C66H64I2N6O7S3. The van der Waals surface area contributed by atoms with E-state index in [4.69, 9.17) is 29.8 Å². The molecule has 432 valence electrons. The van der Waals surface area contributed by atoms with Gasteiger partial charge in [0.2, 0.25) is 0 Å². The highest BCUT2D eigenvalue weighted by molar-refractivity contribution is 14.1. The number of rotatable bonds is 10. The molecule has 0 saturated heterocycles. The number of thiazole rings is 3. The van der Waals surface area contributed by atoms with E-state index in [9.17, 15) is 9.59 Å². The van der Waals surface area contributed by atoms with Gasteiger partial charge in [-0.15, -0.1) is 0 Å². The van der Waals surface area contributed by atoms with Gasteiger partial charge in [0.25, 0.3) is 5.91 Å². The van der Waals surface area contributed by atoms with Crippen LogP contribution in [0.3, 0.4) is 0 Å². The number of aromatic nitrogens is 3. The number of ether oxygens (including phenoxy) is 4. The third kappa shape index (κ3) is 18.6. The van der Waals surface area contributed by atoms with Gasteiger partial charge in [-0.25, -0.2) is 19.7 Å². The van der Waals surface area contributed by atoms with Crippen LogP contribution in [0.25, 0.3) is 30.6 Å². The van der Waals surface area contributed by atoms with Crippen LogP contribution in [0.4, 0.5) is 26.8 Å². The van der Waals surface area contributed by atoms with E-state index in [1.54, 1.807) is 22.3 Å². The lowest BCUT2D eigenvalue weighted by Crippen LogP contribution is -2.31. The number of para-hydroxylation sites is 7. The molecule has 0 atom stereocenters. The fourth-order valence-electron chi connectivity index (χ4n) is 8.51. The SMILES string of the molecule is CC(C)I.CC1(C)Cc2cccc(OCC(=O)N(c3ccccc3)c3nc4ccccc4s3)c2O1.CC1(C)Cc2cccc(OCC(=O)O)c2O1.Ic1ccccc1.Nc1nc2ccccc2s1.c1ccc(Nc2nc3ccccc3s2)cc1. The molecule has 18 heteroatoms. The predicted octanol–water partition coefficient (Wildman–Crippen LogP) is 17.7. The molecule has 2 aliphatic heterocycles. The zero-order valence-corrected chi connectivity index (χ0v) is 54.0. The molecule has 4 N–H and O–H groups in total. The van der Waals surface area contributed by atoms with Crippen LogP contribution in [-0.2, 0) is 22.4 Å². The summed E-state index contributed by atoms with van der Waals surface area (Å²) in [6, 6.07) is 65.2. The normalized spacial score (nSPS) is 12.7. The van der Waals surface area contributed by atoms with Gasteiger partial charge in [-0.1, -0.05) is 186 Å². The van der Waals surface area contributed by atoms with Crippen molar-refractivity contribution in [3.8, 4) is 23.0 Å². The van der Waals surface area contributed by atoms with Crippen molar-refractivity contribution in [1.29, 1.82) is 0 Å². The van der Waals surface area contributed by atoms with E-state index >= 15 is 0 Å². The van der Waals surface area contributed by atoms with Crippen LogP contribution < -0.4 is 34.9 Å². The van der Waals surface area contributed by atoms with Crippen molar-refractivity contribution in [2.75, 3.05) is 29.2 Å². The maximum absolute atomic E-state index is 13.3. The third-order valence-corrected chi connectivity index (χ3v) is 15.5. The highest BCUT2D eigenvalue weighted by atomic mass is 127. The van der Waals surface area contributed by atoms with Gasteiger partial charge < -0.3 is 35.1 Å². The fourth-order valence-corrected chi connectivity index (χ4v) is 11.6. The van der Waals surface area contributed by atoms with Crippen molar-refractivity contribution in [3.63, 3.8) is 0 Å². The van der Waals surface area contributed by atoms with Crippen molar-refractivity contribution >= 4 is 148 Å². The van der Waals surface area contributed by atoms with Gasteiger partial charge in [-0.2, -0.15) is 0 Å². The number of nitrogens with zero attached hydrogens (tertiary/aromatic N) is 4. The average Bonchev–Trinajstić information content (AvgIpc) is 3.70. The molecule has 0 radical (unpaired) electrons. The zero-order valence-electron chi connectivity index (χ0n) is 47.2. The number of nitrogens with one attached hydrogen (secondary N) is 1. The molecule has 5 heterocycles. The van der Waals surface area contributed by atoms with E-state index in [0.29, 0.717) is 27.5 Å². The van der Waals surface area contributed by atoms with Gasteiger partial charge in [-0.05, 0) is 135 Å². The van der Waals surface area contributed by atoms with Crippen LogP contribution in [0.2, 0.25) is 0 Å². The smallest absolute Gasteiger partial charge is 0.341 e. The molecule has 8 aromatic carbocycles. The highest BCUT2D eigenvalue weighted by Crippen LogP contribution is 2.43. The number of carbonyl (C=O) groups excluding carboxylic acids is 1. The molecule has 3 aromatic heterocycles. The lowest BCUT2D eigenvalue weighted by Gasteiger charge is -2.21. The number of halogens is 2. The molecule has 0 fully saturated rings. The Bertz CT molecular complexity index is 3800. The lowest BCUT2D eigenvalue weighted by atomic mass is 10.0. The molecule has 0 spiro atoms. The number of nitrogens with two attached hydrogens (primary N) is 1. The first-order chi connectivity index (χ1) is 40.4. The molecule has 0 aliphatic carbocycles. The van der Waals surface area contributed by atoms with E-state index in [-0.39, 0.29) is 30.3 Å². The van der Waals surface area contributed by atoms with Crippen molar-refractivity contribution in [2.24, 2.45) is 0 Å². The summed E-state index contributed by atoms with van der Waals surface area (Å²) in [6.45, 7) is 11.9. The van der Waals surface area contributed by atoms with Crippen molar-refractivity contribution in [1.82, 2.24) is 15.0 Å². The van der Waals surface area contributed by atoms with Crippen molar-refractivity contribution < 1.29 is 33.6 Å². The van der Waals surface area contributed by atoms with Crippen molar-refractivity contribution in [3.05, 3.63) is 215 Å². The maximum atomic E-state index is 13.3. The predicted molar refractivity (Wildman–Crippen MR) is 363 cm³/mol. The highest BCUT2D eigenvalue weighted by Gasteiger charge is 2.34. The first-order valence-electron chi connectivity index (χ1n) is 26.8. The Kier molecular flexibility index (Phi) is 22.3. The summed E-state index contributed by atoms with van der Waals surface area (Å²) in [5, 5.41) is 14.1. The third-order valence-electron chi connectivity index (χ3n) is 11.9. The average molecular weight is 1400 g/mol. The second kappa shape index (κ2) is 29.9. The number of amides is 1. The Balaban J connectivity index is 0.000000147. The number of anilines is 5. The van der Waals surface area contributed by atoms with E-state index in [1.807, 2.05) is 204 Å². The Morgan fingerprint density at radius 3 is 1.51 bits per heavy atom. The van der Waals surface area contributed by atoms with Crippen LogP contribution in [0.15, 0.2) is 200 Å². The van der Waals surface area contributed by atoms with Gasteiger partial charge in [0.1, 0.15) is 11.2 Å². The first kappa shape index (κ1) is 62.7. The van der Waals surface area contributed by atoms with Crippen LogP contribution in [-0.4, -0.2) is 60.3 Å². The van der Waals surface area contributed by atoms with Gasteiger partial charge in [0, 0.05) is 37.2 Å². The largest absolute Gasteiger partial charge is 0.483 e. The molecule has 2 aliphatic rings. The van der Waals surface area contributed by atoms with E-state index < -0.39 is 5.97 Å². The monoisotopic (exact) mass is 1400 g/mol. The van der Waals surface area contributed by atoms with E-state index in [1.165, 1.54) is 30.9 Å². The van der Waals surface area contributed by atoms with Crippen LogP contribution in [0, 0.1) is 3.57 Å². The number of nitrogen functional groups attached to an aromatic ring is 1. The summed E-state index contributed by atoms with van der Waals surface area (Å²) in [5.41, 5.74) is 11.9. The topological polar surface area (TPSA) is 171 Å². The molecule has 11 aromatic rings. The number of carbonyl (C=O) groups is 2. The van der Waals surface area contributed by atoms with Gasteiger partial charge in [0.15, 0.2) is 51.6 Å². The molecule has 0 unspecified atom stereocenters. The summed E-state index contributed by atoms with van der Waals surface area (Å²) in [7, 11) is 0. The van der Waals surface area contributed by atoms with Crippen molar-refractivity contribution in [2.45, 2.75) is 69.5 Å². The number of carboxylic acid groups (broad SMARTS) is 1. The quantitative estimate of drug-likeness (QED) is 0.0876. The second-order valence-corrected chi connectivity index (χ2v) is 27.2. The molecule has 0 bridgehead atoms. The van der Waals surface area contributed by atoms with E-state index in [0.717, 1.165) is 76.1 Å². The van der Waals surface area contributed by atoms with E-state index in [2.05, 4.69) is 97.5 Å². The number of carboxylic acids is 1. The number of hydrogen-bond acceptors (Lipinski definition) is 14. The minimum absolute atomic E-state index is 0.120. The minimum atomic E-state index is -0.991. The lowest BCUT2D eigenvalue weighted by molar-refractivity contribution is -0.139. The van der Waals surface area contributed by atoms with Gasteiger partial charge >= 0.3 is 5.97 Å². The number of benzene rings is 8. The van der Waals surface area contributed by atoms with Gasteiger partial charge in [-0.3, -0.25) is 9.69 Å². The maximum Gasteiger partial charge on any atom is 0.341 e. The molecule has 1 amide bonds. The summed E-state index contributed by atoms with van der Waals surface area (Å²) in [5.74, 6) is 1.31. The Labute approximate surface area is 529 Å². The summed E-state index contributed by atoms with van der Waals surface area (Å²) in [4.78, 5) is 38.7. The molecule has 0 saturated carbocycles. The standard InChI is InChI=1S/C25H22N2O3S.C13H10N2S.C12H14O4.C7H6N2S.C6H5I.C3H7I/c1-25(2)15-17-9-8-13-20(23(17)30-25)29-16-22(28)27(18-10-4-3-5-11-18)24-26-19-12-6-7-14-21(19)31-24;1-2-6-10(7-3-1)14-13-15-11-8-4-5-9-12(11)16-13;1-12(2)6-8-4-3-5-9(11(8)16-12)15-7-10(13)14;8-7-9-5-3-1-2-4-6(5)10-7;7-6-4-2-1-3-5-6;1-3(2)4/h3-14H,15-16H2,1-2H3;1-9H,(H,14,15);3-5H,6-7H2,1-2H3,(H,13,14);1-4H,(H2,8,9);1-5H;3H,1-2H3. The Morgan fingerprint density at radius 1 is 0.595 bits per heavy atom. The summed E-state index contributed by atoms with van der Waals surface area (Å²) >= 11 is 9.30. The van der Waals surface area contributed by atoms with Crippen LogP contribution >= 0.6 is 79.2 Å². The van der Waals surface area contributed by atoms with Crippen LogP contribution in [0.5, 0.6) is 23.0 Å². The number of alkyl halides is 1. The second-order valence-electron chi connectivity index (χ2n) is 20.4. The Morgan fingerprint density at radius 2 is 1.04 bits per heavy atom. The summed E-state index contributed by atoms with van der Waals surface area (Å²) in [6.07, 6.45) is 1.63. The first-order valence-corrected chi connectivity index (χ1v) is 31.6. The molecule has 13 rings (SSSR count). The van der Waals surface area contributed by atoms with Gasteiger partial charge in [0.05, 0.1) is 36.3 Å². The Hall–Kier alpha value is -7.37. The molecular weight excluding hydrogens is 1340 g/mol. The number of aliphatic carboxylic acids is 1. The number of fused-ring (bicyclic) bond motifs is 5. The van der Waals surface area contributed by atoms with Crippen LogP contribution in [0.1, 0.15) is 52.7 Å². The number of hydrogen-bond donors (Lipinski definition) is 3. The minimum Gasteiger partial charge on any atom is -0.483 e. The zero-order chi connectivity index (χ0) is 59.6. The molecule has 13 nitrogen and oxygen atoms in total.